The molecule has 0 bridgehead atoms. The van der Waals surface area contributed by atoms with Crippen molar-refractivity contribution in [1.82, 2.24) is 19.5 Å². The van der Waals surface area contributed by atoms with E-state index in [1.165, 1.54) is 10.9 Å². The van der Waals surface area contributed by atoms with Crippen LogP contribution in [0.4, 0.5) is 0 Å². The molecule has 9 nitrogen and oxygen atoms in total. The molecular formula is C10H10N4O5. The lowest BCUT2D eigenvalue weighted by Crippen LogP contribution is -2.26. The Morgan fingerprint density at radius 3 is 2.84 bits per heavy atom. The molecule has 100 valence electrons. The summed E-state index contributed by atoms with van der Waals surface area (Å²) in [4.78, 5) is 43.1. The molecule has 0 spiro atoms. The maximum absolute atomic E-state index is 11.4. The van der Waals surface area contributed by atoms with Crippen LogP contribution in [0.5, 0.6) is 0 Å². The molecule has 0 unspecified atom stereocenters. The van der Waals surface area contributed by atoms with Gasteiger partial charge in [0.2, 0.25) is 0 Å². The van der Waals surface area contributed by atoms with Crippen molar-refractivity contribution < 1.29 is 19.4 Å². The van der Waals surface area contributed by atoms with Gasteiger partial charge in [-0.2, -0.15) is 0 Å². The Morgan fingerprint density at radius 1 is 1.42 bits per heavy atom. The van der Waals surface area contributed by atoms with Gasteiger partial charge in [-0.1, -0.05) is 0 Å². The molecular weight excluding hydrogens is 256 g/mol. The molecule has 0 aliphatic carbocycles. The third-order valence-electron chi connectivity index (χ3n) is 2.40. The van der Waals surface area contributed by atoms with Crippen LogP contribution >= 0.6 is 0 Å². The maximum Gasteiger partial charge on any atom is 0.278 e. The number of ether oxygens (including phenoxy) is 1. The van der Waals surface area contributed by atoms with Crippen LogP contribution < -0.4 is 5.56 Å². The molecule has 0 saturated carbocycles. The van der Waals surface area contributed by atoms with Gasteiger partial charge in [0.05, 0.1) is 19.3 Å². The minimum absolute atomic E-state index is 0.0459. The number of carbonyl (C=O) groups is 2. The van der Waals surface area contributed by atoms with Gasteiger partial charge in [-0.05, 0) is 0 Å². The highest BCUT2D eigenvalue weighted by molar-refractivity contribution is 5.71. The van der Waals surface area contributed by atoms with Gasteiger partial charge in [0, 0.05) is 0 Å². The van der Waals surface area contributed by atoms with Crippen LogP contribution in [-0.2, 0) is 14.3 Å². The summed E-state index contributed by atoms with van der Waals surface area (Å²) < 4.78 is 6.27. The molecule has 2 aromatic rings. The van der Waals surface area contributed by atoms with E-state index in [1.807, 2.05) is 0 Å². The normalized spacial score (nSPS) is 14.2. The van der Waals surface area contributed by atoms with E-state index in [0.29, 0.717) is 12.6 Å². The Balaban J connectivity index is 2.41. The van der Waals surface area contributed by atoms with E-state index in [-0.39, 0.29) is 11.2 Å². The molecule has 9 heteroatoms. The second-order valence-corrected chi connectivity index (χ2v) is 3.58. The van der Waals surface area contributed by atoms with Crippen LogP contribution in [-0.4, -0.2) is 49.9 Å². The average Bonchev–Trinajstić information content (AvgIpc) is 2.86. The summed E-state index contributed by atoms with van der Waals surface area (Å²) in [5.74, 6) is 0. The SMILES string of the molecule is O=C[C@H](CO)O[C@H](C=O)n1cnc2c(=O)[nH]cnc21. The number of rotatable bonds is 6. The molecule has 2 N–H and O–H groups in total. The number of nitrogens with one attached hydrogen (secondary N) is 1. The summed E-state index contributed by atoms with van der Waals surface area (Å²) in [5, 5.41) is 8.86. The lowest BCUT2D eigenvalue weighted by Gasteiger charge is -2.16. The summed E-state index contributed by atoms with van der Waals surface area (Å²) in [5.41, 5.74) is -0.268. The first-order valence-electron chi connectivity index (χ1n) is 5.28. The number of imidazole rings is 1. The minimum Gasteiger partial charge on any atom is -0.393 e. The number of H-pyrrole nitrogens is 1. The highest BCUT2D eigenvalue weighted by atomic mass is 16.5. The van der Waals surface area contributed by atoms with Gasteiger partial charge >= 0.3 is 0 Å². The van der Waals surface area contributed by atoms with Crippen molar-refractivity contribution in [2.45, 2.75) is 12.3 Å². The molecule has 0 radical (unpaired) electrons. The molecule has 0 aliphatic heterocycles. The number of aldehydes is 2. The summed E-state index contributed by atoms with van der Waals surface area (Å²) >= 11 is 0. The predicted octanol–water partition coefficient (Wildman–Crippen LogP) is -1.61. The number of fused-ring (bicyclic) bond motifs is 1. The fraction of sp³-hybridized carbons (Fsp3) is 0.300. The zero-order valence-corrected chi connectivity index (χ0v) is 9.59. The summed E-state index contributed by atoms with van der Waals surface area (Å²) in [6.07, 6.45) is 0.793. The summed E-state index contributed by atoms with van der Waals surface area (Å²) in [6.45, 7) is -0.561. The monoisotopic (exact) mass is 266 g/mol. The molecule has 0 amide bonds. The van der Waals surface area contributed by atoms with Gasteiger partial charge in [-0.3, -0.25) is 14.2 Å². The van der Waals surface area contributed by atoms with Gasteiger partial charge in [0.25, 0.3) is 5.56 Å². The molecule has 2 atom stereocenters. The number of aliphatic hydroxyl groups excluding tert-OH is 1. The van der Waals surface area contributed by atoms with E-state index in [2.05, 4.69) is 15.0 Å². The number of hydrogen-bond donors (Lipinski definition) is 2. The lowest BCUT2D eigenvalue weighted by molar-refractivity contribution is -0.139. The standard InChI is InChI=1S/C10H10N4O5/c15-1-6(2-16)19-7(3-17)14-5-13-8-9(14)11-4-12-10(8)18/h1,3-7,16H,2H2,(H,11,12,18)/t6-,7-/m1/s1. The van der Waals surface area contributed by atoms with Crippen molar-refractivity contribution in [2.75, 3.05) is 6.61 Å². The number of carbonyl (C=O) groups excluding carboxylic acids is 2. The van der Waals surface area contributed by atoms with E-state index in [4.69, 9.17) is 9.84 Å². The molecule has 0 aromatic carbocycles. The van der Waals surface area contributed by atoms with Gasteiger partial charge in [-0.15, -0.1) is 0 Å². The van der Waals surface area contributed by atoms with Gasteiger partial charge < -0.3 is 19.6 Å². The third-order valence-corrected chi connectivity index (χ3v) is 2.40. The van der Waals surface area contributed by atoms with Crippen molar-refractivity contribution >= 4 is 23.7 Å². The largest absolute Gasteiger partial charge is 0.393 e. The summed E-state index contributed by atoms with van der Waals surface area (Å²) in [6, 6.07) is 0. The molecule has 0 aliphatic rings. The first kappa shape index (κ1) is 13.1. The van der Waals surface area contributed by atoms with Crippen LogP contribution in [0, 0.1) is 0 Å². The number of hydrogen-bond acceptors (Lipinski definition) is 7. The Morgan fingerprint density at radius 2 is 2.21 bits per heavy atom. The first-order valence-corrected chi connectivity index (χ1v) is 5.28. The number of nitrogens with zero attached hydrogens (tertiary/aromatic N) is 3. The van der Waals surface area contributed by atoms with Gasteiger partial charge in [0.1, 0.15) is 6.10 Å². The Bertz CT molecular complexity index is 649. The quantitative estimate of drug-likeness (QED) is 0.602. The highest BCUT2D eigenvalue weighted by Crippen LogP contribution is 2.13. The van der Waals surface area contributed by atoms with Crippen LogP contribution in [0.3, 0.4) is 0 Å². The molecule has 2 rings (SSSR count). The molecule has 2 aromatic heterocycles. The second-order valence-electron chi connectivity index (χ2n) is 3.58. The van der Waals surface area contributed by atoms with E-state index in [9.17, 15) is 14.4 Å². The van der Waals surface area contributed by atoms with Crippen LogP contribution in [0.25, 0.3) is 11.2 Å². The van der Waals surface area contributed by atoms with Crippen molar-refractivity contribution in [3.63, 3.8) is 0 Å². The van der Waals surface area contributed by atoms with Crippen molar-refractivity contribution in [1.29, 1.82) is 0 Å². The topological polar surface area (TPSA) is 127 Å². The fourth-order valence-electron chi connectivity index (χ4n) is 1.51. The second kappa shape index (κ2) is 5.50. The Labute approximate surface area is 105 Å². The maximum atomic E-state index is 11.4. The smallest absolute Gasteiger partial charge is 0.278 e. The van der Waals surface area contributed by atoms with Crippen LogP contribution in [0.2, 0.25) is 0 Å². The first-order chi connectivity index (χ1) is 9.21. The molecule has 2 heterocycles. The van der Waals surface area contributed by atoms with E-state index >= 15 is 0 Å². The third kappa shape index (κ3) is 2.41. The Kier molecular flexibility index (Phi) is 3.78. The van der Waals surface area contributed by atoms with Crippen molar-refractivity contribution in [3.8, 4) is 0 Å². The fourth-order valence-corrected chi connectivity index (χ4v) is 1.51. The minimum atomic E-state index is -1.21. The highest BCUT2D eigenvalue weighted by Gasteiger charge is 2.20. The Hall–Kier alpha value is -2.39. The van der Waals surface area contributed by atoms with E-state index in [1.54, 1.807) is 0 Å². The van der Waals surface area contributed by atoms with E-state index < -0.39 is 24.5 Å². The van der Waals surface area contributed by atoms with Crippen LogP contribution in [0.1, 0.15) is 6.23 Å². The zero-order chi connectivity index (χ0) is 13.8. The summed E-state index contributed by atoms with van der Waals surface area (Å²) in [7, 11) is 0. The van der Waals surface area contributed by atoms with E-state index in [0.717, 1.165) is 6.33 Å². The number of aliphatic hydroxyl groups is 1. The zero-order valence-electron chi connectivity index (χ0n) is 9.59. The predicted molar refractivity (Wildman–Crippen MR) is 61.3 cm³/mol. The average molecular weight is 266 g/mol. The lowest BCUT2D eigenvalue weighted by atomic mass is 10.4. The van der Waals surface area contributed by atoms with Crippen molar-refractivity contribution in [2.24, 2.45) is 0 Å². The number of aromatic nitrogens is 4. The van der Waals surface area contributed by atoms with Gasteiger partial charge in [0.15, 0.2) is 30.0 Å². The molecule has 0 saturated heterocycles. The van der Waals surface area contributed by atoms with Crippen LogP contribution in [0.15, 0.2) is 17.4 Å². The van der Waals surface area contributed by atoms with Gasteiger partial charge in [-0.25, -0.2) is 9.97 Å². The molecule has 19 heavy (non-hydrogen) atoms. The molecule has 0 fully saturated rings. The van der Waals surface area contributed by atoms with Crippen molar-refractivity contribution in [3.05, 3.63) is 23.0 Å². The number of aromatic amines is 1.